The third-order valence-electron chi connectivity index (χ3n) is 2.68. The normalized spacial score (nSPS) is 9.52. The lowest BCUT2D eigenvalue weighted by Crippen LogP contribution is -2.11. The van der Waals surface area contributed by atoms with E-state index in [4.69, 9.17) is 10.5 Å². The van der Waals surface area contributed by atoms with E-state index in [0.29, 0.717) is 18.0 Å². The fourth-order valence-corrected chi connectivity index (χ4v) is 1.51. The van der Waals surface area contributed by atoms with Crippen LogP contribution in [0.25, 0.3) is 0 Å². The van der Waals surface area contributed by atoms with Gasteiger partial charge in [-0.25, -0.2) is 9.78 Å². The van der Waals surface area contributed by atoms with E-state index in [-0.39, 0.29) is 5.97 Å². The Bertz CT molecular complexity index is 382. The van der Waals surface area contributed by atoms with Crippen molar-refractivity contribution >= 4 is 11.8 Å². The monoisotopic (exact) mass is 295 g/mol. The Morgan fingerprint density at radius 1 is 1.29 bits per heavy atom. The zero-order chi connectivity index (χ0) is 15.9. The van der Waals surface area contributed by atoms with Crippen molar-refractivity contribution in [1.82, 2.24) is 4.98 Å². The van der Waals surface area contributed by atoms with Crippen molar-refractivity contribution in [3.63, 3.8) is 0 Å². The van der Waals surface area contributed by atoms with E-state index in [9.17, 15) is 4.79 Å². The predicted octanol–water partition coefficient (Wildman–Crippen LogP) is 3.22. The maximum Gasteiger partial charge on any atom is 0.341 e. The second-order valence-corrected chi connectivity index (χ2v) is 4.54. The summed E-state index contributed by atoms with van der Waals surface area (Å²) in [7, 11) is 0. The highest BCUT2D eigenvalue weighted by atomic mass is 16.5. The molecule has 1 aromatic heterocycles. The summed E-state index contributed by atoms with van der Waals surface area (Å²) in [6, 6.07) is 3.45. The molecule has 0 atom stereocenters. The van der Waals surface area contributed by atoms with E-state index in [1.165, 1.54) is 12.8 Å². The van der Waals surface area contributed by atoms with Crippen LogP contribution in [-0.4, -0.2) is 30.6 Å². The second-order valence-electron chi connectivity index (χ2n) is 4.54. The molecule has 3 N–H and O–H groups in total. The van der Waals surface area contributed by atoms with E-state index >= 15 is 0 Å². The van der Waals surface area contributed by atoms with Crippen molar-refractivity contribution in [2.45, 2.75) is 46.5 Å². The summed E-state index contributed by atoms with van der Waals surface area (Å²) in [6.45, 7) is 8.08. The minimum atomic E-state index is -0.324. The zero-order valence-corrected chi connectivity index (χ0v) is 13.5. The summed E-state index contributed by atoms with van der Waals surface area (Å²) in [4.78, 5) is 15.7. The molecule has 0 saturated carbocycles. The molecule has 5 nitrogen and oxygen atoms in total. The molecule has 1 heterocycles. The van der Waals surface area contributed by atoms with Gasteiger partial charge in [0.2, 0.25) is 0 Å². The van der Waals surface area contributed by atoms with Crippen LogP contribution in [0.2, 0.25) is 0 Å². The molecule has 21 heavy (non-hydrogen) atoms. The zero-order valence-electron chi connectivity index (χ0n) is 13.5. The number of nitrogens with one attached hydrogen (secondary N) is 1. The fraction of sp³-hybridized carbons (Fsp3) is 0.625. The number of pyridine rings is 1. The van der Waals surface area contributed by atoms with Crippen LogP contribution in [0.5, 0.6) is 0 Å². The Balaban J connectivity index is 0.000000690. The van der Waals surface area contributed by atoms with Crippen LogP contribution in [0.3, 0.4) is 0 Å². The van der Waals surface area contributed by atoms with E-state index < -0.39 is 0 Å². The Morgan fingerprint density at radius 3 is 2.52 bits per heavy atom. The highest BCUT2D eigenvalue weighted by Crippen LogP contribution is 2.12. The van der Waals surface area contributed by atoms with Gasteiger partial charge in [0.05, 0.1) is 6.61 Å². The largest absolute Gasteiger partial charge is 0.462 e. The van der Waals surface area contributed by atoms with Crippen LogP contribution in [0.15, 0.2) is 18.3 Å². The van der Waals surface area contributed by atoms with Crippen LogP contribution >= 0.6 is 0 Å². The molecule has 0 radical (unpaired) electrons. The summed E-state index contributed by atoms with van der Waals surface area (Å²) in [6.07, 6.45) is 6.21. The number of carbonyl (C=O) groups is 1. The number of carbonyl (C=O) groups excluding carboxylic acids is 1. The summed E-state index contributed by atoms with van der Waals surface area (Å²) >= 11 is 0. The number of esters is 1. The Hall–Kier alpha value is -1.62. The number of aromatic nitrogens is 1. The minimum Gasteiger partial charge on any atom is -0.462 e. The Kier molecular flexibility index (Phi) is 12.3. The van der Waals surface area contributed by atoms with Gasteiger partial charge in [-0.15, -0.1) is 0 Å². The first-order valence-electron chi connectivity index (χ1n) is 7.77. The molecule has 1 aromatic rings. The fourth-order valence-electron chi connectivity index (χ4n) is 1.51. The van der Waals surface area contributed by atoms with Crippen LogP contribution in [0.1, 0.15) is 56.8 Å². The van der Waals surface area contributed by atoms with Gasteiger partial charge in [0.25, 0.3) is 0 Å². The molecule has 5 heteroatoms. The molecule has 120 valence electrons. The maximum absolute atomic E-state index is 11.6. The summed E-state index contributed by atoms with van der Waals surface area (Å²) in [5.41, 5.74) is 5.64. The molecule has 0 unspecified atom stereocenters. The number of nitrogens with zero attached hydrogens (tertiary/aromatic N) is 1. The van der Waals surface area contributed by atoms with Crippen LogP contribution in [-0.2, 0) is 4.74 Å². The molecular weight excluding hydrogens is 266 g/mol. The van der Waals surface area contributed by atoms with Gasteiger partial charge in [-0.2, -0.15) is 0 Å². The average molecular weight is 295 g/mol. The maximum atomic E-state index is 11.6. The van der Waals surface area contributed by atoms with Crippen LogP contribution in [0, 0.1) is 0 Å². The summed E-state index contributed by atoms with van der Waals surface area (Å²) < 4.78 is 4.96. The van der Waals surface area contributed by atoms with Gasteiger partial charge in [0.1, 0.15) is 11.4 Å². The van der Waals surface area contributed by atoms with Gasteiger partial charge in [-0.3, -0.25) is 0 Å². The number of unbranched alkanes of at least 4 members (excludes halogenated alkanes) is 2. The van der Waals surface area contributed by atoms with Crippen molar-refractivity contribution in [3.05, 3.63) is 23.9 Å². The van der Waals surface area contributed by atoms with E-state index in [0.717, 1.165) is 25.9 Å². The lowest BCUT2D eigenvalue weighted by molar-refractivity contribution is 0.0527. The quantitative estimate of drug-likeness (QED) is 0.569. The number of rotatable bonds is 8. The second kappa shape index (κ2) is 13.4. The molecule has 0 aliphatic rings. The van der Waals surface area contributed by atoms with Gasteiger partial charge in [0.15, 0.2) is 0 Å². The lowest BCUT2D eigenvalue weighted by atomic mass is 10.2. The molecule has 0 aliphatic heterocycles. The van der Waals surface area contributed by atoms with E-state index in [1.54, 1.807) is 25.3 Å². The molecule has 0 bridgehead atoms. The van der Waals surface area contributed by atoms with E-state index in [2.05, 4.69) is 24.1 Å². The number of anilines is 1. The van der Waals surface area contributed by atoms with Gasteiger partial charge >= 0.3 is 5.97 Å². The standard InChI is InChI=1S/C12H18N2O2.C4H11N/c1-3-5-8-13-11-10(7-6-9-14-11)12(15)16-4-2;1-2-3-4-5/h6-7,9H,3-5,8H2,1-2H3,(H,13,14);2-5H2,1H3. The smallest absolute Gasteiger partial charge is 0.341 e. The van der Waals surface area contributed by atoms with Crippen LogP contribution < -0.4 is 11.1 Å². The summed E-state index contributed by atoms with van der Waals surface area (Å²) in [5, 5.41) is 3.14. The number of nitrogens with two attached hydrogens (primary N) is 1. The molecular formula is C16H29N3O2. The molecule has 0 amide bonds. The lowest BCUT2D eigenvalue weighted by Gasteiger charge is -2.09. The minimum absolute atomic E-state index is 0.324. The van der Waals surface area contributed by atoms with Gasteiger partial charge in [-0.1, -0.05) is 26.7 Å². The summed E-state index contributed by atoms with van der Waals surface area (Å²) in [5.74, 6) is 0.281. The number of hydrogen-bond acceptors (Lipinski definition) is 5. The van der Waals surface area contributed by atoms with Crippen molar-refractivity contribution in [2.24, 2.45) is 5.73 Å². The van der Waals surface area contributed by atoms with Gasteiger partial charge in [0, 0.05) is 12.7 Å². The van der Waals surface area contributed by atoms with Gasteiger partial charge < -0.3 is 15.8 Å². The van der Waals surface area contributed by atoms with Crippen molar-refractivity contribution in [3.8, 4) is 0 Å². The highest BCUT2D eigenvalue weighted by Gasteiger charge is 2.12. The van der Waals surface area contributed by atoms with Crippen molar-refractivity contribution in [1.29, 1.82) is 0 Å². The van der Waals surface area contributed by atoms with Crippen molar-refractivity contribution in [2.75, 3.05) is 25.0 Å². The third kappa shape index (κ3) is 9.02. The topological polar surface area (TPSA) is 77.2 Å². The Labute approximate surface area is 128 Å². The molecule has 0 spiro atoms. The molecule has 0 fully saturated rings. The first kappa shape index (κ1) is 19.4. The first-order chi connectivity index (χ1) is 10.2. The van der Waals surface area contributed by atoms with E-state index in [1.807, 2.05) is 0 Å². The Morgan fingerprint density at radius 2 is 2.00 bits per heavy atom. The third-order valence-corrected chi connectivity index (χ3v) is 2.68. The number of ether oxygens (including phenoxy) is 1. The molecule has 0 aliphatic carbocycles. The predicted molar refractivity (Wildman–Crippen MR) is 87.6 cm³/mol. The number of hydrogen-bond donors (Lipinski definition) is 2. The first-order valence-corrected chi connectivity index (χ1v) is 7.77. The molecule has 0 aromatic carbocycles. The molecule has 1 rings (SSSR count). The van der Waals surface area contributed by atoms with Crippen molar-refractivity contribution < 1.29 is 9.53 Å². The highest BCUT2D eigenvalue weighted by molar-refractivity contribution is 5.94. The van der Waals surface area contributed by atoms with Gasteiger partial charge in [-0.05, 0) is 38.4 Å². The van der Waals surface area contributed by atoms with Crippen LogP contribution in [0.4, 0.5) is 5.82 Å². The SMILES string of the molecule is CCCCN.CCCCNc1ncccc1C(=O)OCC. The molecule has 0 saturated heterocycles. The average Bonchev–Trinajstić information content (AvgIpc) is 2.50.